The Bertz CT molecular complexity index is 1220. The Kier molecular flexibility index (Phi) is 8.14. The van der Waals surface area contributed by atoms with E-state index in [9.17, 15) is 13.2 Å². The maximum Gasteiger partial charge on any atom is 0.167 e. The van der Waals surface area contributed by atoms with E-state index in [0.29, 0.717) is 23.5 Å². The molecule has 0 aromatic heterocycles. The maximum absolute atomic E-state index is 14.9. The molecule has 0 heterocycles. The zero-order chi connectivity index (χ0) is 24.7. The highest BCUT2D eigenvalue weighted by Crippen LogP contribution is 2.32. The molecule has 3 rings (SSSR count). The van der Waals surface area contributed by atoms with E-state index >= 15 is 0 Å². The molecule has 0 saturated heterocycles. The van der Waals surface area contributed by atoms with Crippen molar-refractivity contribution in [3.05, 3.63) is 121 Å². The molecule has 3 aromatic rings. The molecule has 174 valence electrons. The third-order valence-corrected chi connectivity index (χ3v) is 5.07. The molecule has 0 N–H and O–H groups in total. The van der Waals surface area contributed by atoms with E-state index in [1.54, 1.807) is 67.6 Å². The first-order valence-electron chi connectivity index (χ1n) is 10.6. The summed E-state index contributed by atoms with van der Waals surface area (Å²) in [5.41, 5.74) is 2.37. The van der Waals surface area contributed by atoms with Crippen LogP contribution in [0.4, 0.5) is 13.2 Å². The monoisotopic (exact) mass is 462 g/mol. The average Bonchev–Trinajstić information content (AvgIpc) is 2.85. The van der Waals surface area contributed by atoms with Gasteiger partial charge >= 0.3 is 0 Å². The molecule has 2 nitrogen and oxygen atoms in total. The van der Waals surface area contributed by atoms with Crippen LogP contribution in [0.1, 0.15) is 12.5 Å². The van der Waals surface area contributed by atoms with Crippen molar-refractivity contribution < 1.29 is 22.6 Å². The average molecular weight is 463 g/mol. The van der Waals surface area contributed by atoms with E-state index in [4.69, 9.17) is 9.47 Å². The predicted octanol–water partition coefficient (Wildman–Crippen LogP) is 8.28. The summed E-state index contributed by atoms with van der Waals surface area (Å²) in [4.78, 5) is 0. The van der Waals surface area contributed by atoms with E-state index in [1.165, 1.54) is 6.07 Å². The van der Waals surface area contributed by atoms with Crippen molar-refractivity contribution in [3.63, 3.8) is 0 Å². The van der Waals surface area contributed by atoms with Crippen molar-refractivity contribution in [2.75, 3.05) is 13.2 Å². The lowest BCUT2D eigenvalue weighted by atomic mass is 9.98. The number of benzene rings is 3. The molecule has 5 heteroatoms. The number of rotatable bonds is 10. The fourth-order valence-corrected chi connectivity index (χ4v) is 3.23. The molecular weight excluding hydrogens is 437 g/mol. The summed E-state index contributed by atoms with van der Waals surface area (Å²) < 4.78 is 54.4. The summed E-state index contributed by atoms with van der Waals surface area (Å²) in [6.45, 7) is 13.0. The second kappa shape index (κ2) is 11.2. The minimum Gasteiger partial charge on any atom is -0.494 e. The smallest absolute Gasteiger partial charge is 0.167 e. The summed E-state index contributed by atoms with van der Waals surface area (Å²) in [7, 11) is 0. The number of hydrogen-bond acceptors (Lipinski definition) is 2. The first-order chi connectivity index (χ1) is 16.3. The van der Waals surface area contributed by atoms with E-state index in [1.807, 2.05) is 0 Å². The minimum absolute atomic E-state index is 0.0938. The van der Waals surface area contributed by atoms with Gasteiger partial charge in [0.2, 0.25) is 0 Å². The van der Waals surface area contributed by atoms with Crippen molar-refractivity contribution in [1.82, 2.24) is 0 Å². The van der Waals surface area contributed by atoms with Gasteiger partial charge in [-0.2, -0.15) is 0 Å². The van der Waals surface area contributed by atoms with Crippen LogP contribution >= 0.6 is 0 Å². The van der Waals surface area contributed by atoms with Gasteiger partial charge < -0.3 is 9.47 Å². The molecule has 0 spiro atoms. The van der Waals surface area contributed by atoms with Crippen LogP contribution in [0.15, 0.2) is 104 Å². The molecule has 0 aliphatic carbocycles. The first-order valence-corrected chi connectivity index (χ1v) is 10.6. The van der Waals surface area contributed by atoms with Gasteiger partial charge in [-0.15, -0.1) is 0 Å². The number of hydrogen-bond donors (Lipinski definition) is 0. The topological polar surface area (TPSA) is 18.5 Å². The minimum atomic E-state index is -0.936. The summed E-state index contributed by atoms with van der Waals surface area (Å²) in [6, 6.07) is 16.5. The zero-order valence-corrected chi connectivity index (χ0v) is 18.9. The van der Waals surface area contributed by atoms with Crippen LogP contribution in [0.3, 0.4) is 0 Å². The molecule has 0 radical (unpaired) electrons. The molecule has 0 aliphatic heterocycles. The van der Waals surface area contributed by atoms with Gasteiger partial charge in [-0.3, -0.25) is 0 Å². The highest BCUT2D eigenvalue weighted by Gasteiger charge is 2.16. The Morgan fingerprint density at radius 2 is 1.38 bits per heavy atom. The maximum atomic E-state index is 14.9. The standard InChI is InChI=1S/C29H25F3O2/c1-5-21-7-9-22(10-8-21)25-15-16-26(29(32)28(25)31)23-11-13-24(14-12-23)34-18-19(3)27(30)17-20(4)33-6-2/h5,7-17H,1,3-4,6,18H2,2H3/b27-17+. The fourth-order valence-electron chi connectivity index (χ4n) is 3.23. The lowest BCUT2D eigenvalue weighted by molar-refractivity contribution is 0.243. The molecular formula is C29H25F3O2. The molecule has 3 aromatic carbocycles. The van der Waals surface area contributed by atoms with Crippen LogP contribution in [0.5, 0.6) is 5.75 Å². The molecule has 0 unspecified atom stereocenters. The van der Waals surface area contributed by atoms with Crippen LogP contribution in [0.25, 0.3) is 28.3 Å². The number of allylic oxidation sites excluding steroid dienone is 1. The number of halogens is 3. The molecule has 0 aliphatic rings. The molecule has 0 bridgehead atoms. The van der Waals surface area contributed by atoms with Gasteiger partial charge in [-0.25, -0.2) is 13.2 Å². The van der Waals surface area contributed by atoms with Gasteiger partial charge in [0.15, 0.2) is 11.6 Å². The van der Waals surface area contributed by atoms with E-state index in [-0.39, 0.29) is 29.1 Å². The third kappa shape index (κ3) is 5.87. The van der Waals surface area contributed by atoms with Gasteiger partial charge in [-0.05, 0) is 35.7 Å². The Hall–Kier alpha value is -3.99. The highest BCUT2D eigenvalue weighted by molar-refractivity contribution is 5.72. The van der Waals surface area contributed by atoms with E-state index < -0.39 is 17.5 Å². The summed E-state index contributed by atoms with van der Waals surface area (Å²) in [5, 5.41) is 0. The van der Waals surface area contributed by atoms with Crippen molar-refractivity contribution in [1.29, 1.82) is 0 Å². The molecule has 0 atom stereocenters. The quantitative estimate of drug-likeness (QED) is 0.223. The van der Waals surface area contributed by atoms with Crippen LogP contribution in [-0.2, 0) is 4.74 Å². The summed E-state index contributed by atoms with van der Waals surface area (Å²) in [6.07, 6.45) is 2.83. The first kappa shape index (κ1) is 24.6. The Balaban J connectivity index is 1.72. The van der Waals surface area contributed by atoms with Crippen molar-refractivity contribution in [2.24, 2.45) is 0 Å². The lowest BCUT2D eigenvalue weighted by Crippen LogP contribution is -2.01. The second-order valence-electron chi connectivity index (χ2n) is 7.42. The Labute approximate surface area is 198 Å². The van der Waals surface area contributed by atoms with Gasteiger partial charge in [0.05, 0.1) is 6.61 Å². The molecule has 34 heavy (non-hydrogen) atoms. The zero-order valence-electron chi connectivity index (χ0n) is 18.9. The van der Waals surface area contributed by atoms with Crippen LogP contribution in [0, 0.1) is 11.6 Å². The second-order valence-corrected chi connectivity index (χ2v) is 7.42. The molecule has 0 saturated carbocycles. The lowest BCUT2D eigenvalue weighted by Gasteiger charge is -2.11. The van der Waals surface area contributed by atoms with E-state index in [2.05, 4.69) is 19.7 Å². The van der Waals surface area contributed by atoms with Crippen molar-refractivity contribution in [3.8, 4) is 28.0 Å². The Morgan fingerprint density at radius 3 is 1.88 bits per heavy atom. The van der Waals surface area contributed by atoms with Gasteiger partial charge in [0.1, 0.15) is 23.9 Å². The van der Waals surface area contributed by atoms with Crippen LogP contribution in [0.2, 0.25) is 0 Å². The van der Waals surface area contributed by atoms with Gasteiger partial charge in [0, 0.05) is 22.8 Å². The Morgan fingerprint density at radius 1 is 0.853 bits per heavy atom. The predicted molar refractivity (Wildman–Crippen MR) is 132 cm³/mol. The molecule has 0 amide bonds. The fraction of sp³-hybridized carbons (Fsp3) is 0.103. The van der Waals surface area contributed by atoms with Crippen LogP contribution in [-0.4, -0.2) is 13.2 Å². The normalized spacial score (nSPS) is 11.1. The summed E-state index contributed by atoms with van der Waals surface area (Å²) in [5.74, 6) is -1.82. The third-order valence-electron chi connectivity index (χ3n) is 5.07. The number of ether oxygens (including phenoxy) is 2. The summed E-state index contributed by atoms with van der Waals surface area (Å²) >= 11 is 0. The SMILES string of the molecule is C=Cc1ccc(-c2ccc(-c3ccc(OCC(=C)/C(F)=C\C(=C)OCC)cc3)c(F)c2F)cc1. The van der Waals surface area contributed by atoms with E-state index in [0.717, 1.165) is 11.6 Å². The highest BCUT2D eigenvalue weighted by atomic mass is 19.2. The van der Waals surface area contributed by atoms with Gasteiger partial charge in [0.25, 0.3) is 0 Å². The molecule has 0 fully saturated rings. The van der Waals surface area contributed by atoms with Gasteiger partial charge in [-0.1, -0.05) is 74.3 Å². The van der Waals surface area contributed by atoms with Crippen LogP contribution < -0.4 is 4.74 Å². The van der Waals surface area contributed by atoms with Crippen molar-refractivity contribution in [2.45, 2.75) is 6.92 Å². The largest absolute Gasteiger partial charge is 0.494 e. The van der Waals surface area contributed by atoms with Crippen molar-refractivity contribution >= 4 is 6.08 Å².